The number of methoxy groups -OCH3 is 1. The number of hydrogen-bond acceptors (Lipinski definition) is 4. The lowest BCUT2D eigenvalue weighted by atomic mass is 9.88. The minimum Gasteiger partial charge on any atom is -0.374 e. The average Bonchev–Trinajstić information content (AvgIpc) is 2.47. The van der Waals surface area contributed by atoms with Crippen molar-refractivity contribution in [2.45, 2.75) is 31.5 Å². The van der Waals surface area contributed by atoms with E-state index in [4.69, 9.17) is 4.74 Å². The summed E-state index contributed by atoms with van der Waals surface area (Å²) in [4.78, 5) is 25.5. The van der Waals surface area contributed by atoms with E-state index in [0.29, 0.717) is 25.9 Å². The Labute approximate surface area is 118 Å². The van der Waals surface area contributed by atoms with Crippen LogP contribution in [0.3, 0.4) is 0 Å². The standard InChI is InChI=1S/C15H21NO4/c1-11(17)12-6-9-16(10-7-12)14(18)15(19)8-4-3-5-13(15)20-2/h3-5,8,12-13,19H,6-7,9-10H2,1-2H3/t13-,15-/m0/s1. The molecule has 110 valence electrons. The number of likely N-dealkylation sites (tertiary alicyclic amines) is 1. The third-order valence-corrected chi connectivity index (χ3v) is 4.13. The molecule has 20 heavy (non-hydrogen) atoms. The highest BCUT2D eigenvalue weighted by Crippen LogP contribution is 2.26. The number of nitrogens with zero attached hydrogens (tertiary/aromatic N) is 1. The number of ether oxygens (including phenoxy) is 1. The van der Waals surface area contributed by atoms with E-state index in [1.54, 1.807) is 30.1 Å². The van der Waals surface area contributed by atoms with Crippen LogP contribution in [0.2, 0.25) is 0 Å². The van der Waals surface area contributed by atoms with Gasteiger partial charge in [0.25, 0.3) is 5.91 Å². The van der Waals surface area contributed by atoms with Gasteiger partial charge >= 0.3 is 0 Å². The summed E-state index contributed by atoms with van der Waals surface area (Å²) in [5.74, 6) is -0.147. The number of piperidine rings is 1. The Hall–Kier alpha value is -1.46. The lowest BCUT2D eigenvalue weighted by Crippen LogP contribution is -2.57. The fraction of sp³-hybridized carbons (Fsp3) is 0.600. The lowest BCUT2D eigenvalue weighted by molar-refractivity contribution is -0.157. The maximum absolute atomic E-state index is 12.5. The van der Waals surface area contributed by atoms with Gasteiger partial charge in [0.2, 0.25) is 0 Å². The molecule has 5 heteroatoms. The molecule has 0 saturated carbocycles. The molecule has 1 aliphatic carbocycles. The summed E-state index contributed by atoms with van der Waals surface area (Å²) in [6, 6.07) is 0. The smallest absolute Gasteiger partial charge is 0.261 e. The predicted octanol–water partition coefficient (Wildman–Crippen LogP) is 0.686. The van der Waals surface area contributed by atoms with Crippen molar-refractivity contribution in [3.8, 4) is 0 Å². The molecular formula is C15H21NO4. The Balaban J connectivity index is 2.06. The molecule has 5 nitrogen and oxygen atoms in total. The Morgan fingerprint density at radius 2 is 1.95 bits per heavy atom. The maximum Gasteiger partial charge on any atom is 0.261 e. The van der Waals surface area contributed by atoms with Gasteiger partial charge in [-0.25, -0.2) is 0 Å². The van der Waals surface area contributed by atoms with Crippen molar-refractivity contribution in [2.75, 3.05) is 20.2 Å². The molecule has 1 N–H and O–H groups in total. The number of aliphatic hydroxyl groups is 1. The van der Waals surface area contributed by atoms with Gasteiger partial charge < -0.3 is 14.7 Å². The van der Waals surface area contributed by atoms with Gasteiger partial charge in [0, 0.05) is 26.1 Å². The highest BCUT2D eigenvalue weighted by Gasteiger charge is 2.45. The summed E-state index contributed by atoms with van der Waals surface area (Å²) in [5.41, 5.74) is -1.65. The largest absolute Gasteiger partial charge is 0.374 e. The van der Waals surface area contributed by atoms with Crippen LogP contribution in [0.5, 0.6) is 0 Å². The van der Waals surface area contributed by atoms with Gasteiger partial charge in [0.15, 0.2) is 5.60 Å². The number of amides is 1. The molecule has 1 amide bonds. The van der Waals surface area contributed by atoms with E-state index in [-0.39, 0.29) is 17.6 Å². The van der Waals surface area contributed by atoms with Crippen LogP contribution < -0.4 is 0 Å². The third-order valence-electron chi connectivity index (χ3n) is 4.13. The van der Waals surface area contributed by atoms with E-state index < -0.39 is 11.7 Å². The summed E-state index contributed by atoms with van der Waals surface area (Å²) in [7, 11) is 1.47. The second kappa shape index (κ2) is 5.89. The summed E-state index contributed by atoms with van der Waals surface area (Å²) in [6.07, 6.45) is 7.18. The molecule has 0 radical (unpaired) electrons. The fourth-order valence-electron chi connectivity index (χ4n) is 2.80. The number of hydrogen-bond donors (Lipinski definition) is 1. The number of carbonyl (C=O) groups is 2. The molecule has 0 aromatic carbocycles. The first-order valence-corrected chi connectivity index (χ1v) is 6.90. The number of Topliss-reactive ketones (excluding diaryl/α,β-unsaturated/α-hetero) is 1. The second-order valence-corrected chi connectivity index (χ2v) is 5.40. The van der Waals surface area contributed by atoms with E-state index >= 15 is 0 Å². The van der Waals surface area contributed by atoms with Crippen molar-refractivity contribution in [1.29, 1.82) is 0 Å². The molecule has 0 aromatic rings. The average molecular weight is 279 g/mol. The SMILES string of the molecule is CO[C@H]1C=CC=C[C@@]1(O)C(=O)N1CCC(C(C)=O)CC1. The first-order chi connectivity index (χ1) is 9.49. The number of ketones is 1. The monoisotopic (exact) mass is 279 g/mol. The molecule has 1 heterocycles. The van der Waals surface area contributed by atoms with Crippen molar-refractivity contribution >= 4 is 11.7 Å². The predicted molar refractivity (Wildman–Crippen MR) is 74.0 cm³/mol. The first kappa shape index (κ1) is 14.9. The molecule has 2 rings (SSSR count). The molecule has 1 saturated heterocycles. The molecule has 1 fully saturated rings. The molecule has 1 aliphatic heterocycles. The quantitative estimate of drug-likeness (QED) is 0.825. The van der Waals surface area contributed by atoms with Crippen LogP contribution in [-0.2, 0) is 14.3 Å². The molecule has 0 bridgehead atoms. The van der Waals surface area contributed by atoms with Gasteiger partial charge in [0.05, 0.1) is 0 Å². The van der Waals surface area contributed by atoms with Gasteiger partial charge in [-0.1, -0.05) is 18.2 Å². The van der Waals surface area contributed by atoms with Gasteiger partial charge in [-0.05, 0) is 25.8 Å². The zero-order valence-corrected chi connectivity index (χ0v) is 11.9. The zero-order chi connectivity index (χ0) is 14.8. The number of rotatable bonds is 3. The van der Waals surface area contributed by atoms with Gasteiger partial charge in [0.1, 0.15) is 11.9 Å². The van der Waals surface area contributed by atoms with Crippen LogP contribution in [0.15, 0.2) is 24.3 Å². The normalized spacial score (nSPS) is 30.6. The van der Waals surface area contributed by atoms with Gasteiger partial charge in [-0.2, -0.15) is 0 Å². The van der Waals surface area contributed by atoms with Crippen molar-refractivity contribution in [2.24, 2.45) is 5.92 Å². The Morgan fingerprint density at radius 1 is 1.30 bits per heavy atom. The summed E-state index contributed by atoms with van der Waals surface area (Å²) in [5, 5.41) is 10.6. The lowest BCUT2D eigenvalue weighted by Gasteiger charge is -2.38. The van der Waals surface area contributed by atoms with Crippen molar-refractivity contribution in [3.05, 3.63) is 24.3 Å². The number of carbonyl (C=O) groups excluding carboxylic acids is 2. The van der Waals surface area contributed by atoms with E-state index in [9.17, 15) is 14.7 Å². The summed E-state index contributed by atoms with van der Waals surface area (Å²) in [6.45, 7) is 2.59. The Kier molecular flexibility index (Phi) is 4.40. The first-order valence-electron chi connectivity index (χ1n) is 6.90. The van der Waals surface area contributed by atoms with Crippen LogP contribution in [0.4, 0.5) is 0 Å². The van der Waals surface area contributed by atoms with Crippen LogP contribution in [-0.4, -0.2) is 53.6 Å². The van der Waals surface area contributed by atoms with Crippen LogP contribution >= 0.6 is 0 Å². The molecule has 0 aromatic heterocycles. The van der Waals surface area contributed by atoms with Crippen molar-refractivity contribution in [3.63, 3.8) is 0 Å². The second-order valence-electron chi connectivity index (χ2n) is 5.40. The highest BCUT2D eigenvalue weighted by atomic mass is 16.5. The van der Waals surface area contributed by atoms with E-state index in [2.05, 4.69) is 0 Å². The van der Waals surface area contributed by atoms with Gasteiger partial charge in [-0.15, -0.1) is 0 Å². The van der Waals surface area contributed by atoms with Crippen molar-refractivity contribution < 1.29 is 19.4 Å². The third kappa shape index (κ3) is 2.69. The molecule has 0 spiro atoms. The topological polar surface area (TPSA) is 66.8 Å². The molecule has 2 aliphatic rings. The molecular weight excluding hydrogens is 258 g/mol. The van der Waals surface area contributed by atoms with Crippen LogP contribution in [0.25, 0.3) is 0 Å². The fourth-order valence-corrected chi connectivity index (χ4v) is 2.80. The zero-order valence-electron chi connectivity index (χ0n) is 11.9. The minimum absolute atomic E-state index is 0.0358. The Bertz CT molecular complexity index is 449. The van der Waals surface area contributed by atoms with E-state index in [1.807, 2.05) is 0 Å². The van der Waals surface area contributed by atoms with E-state index in [1.165, 1.54) is 13.2 Å². The Morgan fingerprint density at radius 3 is 2.50 bits per heavy atom. The molecule has 2 atom stereocenters. The summed E-state index contributed by atoms with van der Waals surface area (Å²) < 4.78 is 5.19. The van der Waals surface area contributed by atoms with Crippen LogP contribution in [0, 0.1) is 5.92 Å². The van der Waals surface area contributed by atoms with Crippen molar-refractivity contribution in [1.82, 2.24) is 4.90 Å². The molecule has 0 unspecified atom stereocenters. The minimum atomic E-state index is -1.65. The summed E-state index contributed by atoms with van der Waals surface area (Å²) >= 11 is 0. The van der Waals surface area contributed by atoms with Crippen LogP contribution in [0.1, 0.15) is 19.8 Å². The number of allylic oxidation sites excluding steroid dienone is 2. The maximum atomic E-state index is 12.5. The van der Waals surface area contributed by atoms with Gasteiger partial charge in [-0.3, -0.25) is 9.59 Å². The highest BCUT2D eigenvalue weighted by molar-refractivity contribution is 5.89. The van der Waals surface area contributed by atoms with E-state index in [0.717, 1.165) is 0 Å².